The van der Waals surface area contributed by atoms with Crippen LogP contribution in [0.5, 0.6) is 11.6 Å². The molecule has 0 amide bonds. The molecule has 0 aliphatic carbocycles. The molecule has 0 radical (unpaired) electrons. The minimum Gasteiger partial charge on any atom is -0.439 e. The van der Waals surface area contributed by atoms with Crippen LogP contribution in [0.2, 0.25) is 5.02 Å². The molecule has 2 aromatic heterocycles. The minimum atomic E-state index is 0.369. The molecule has 5 rings (SSSR count). The number of imidazole rings is 1. The maximum atomic E-state index is 5.89. The van der Waals surface area contributed by atoms with E-state index in [1.54, 1.807) is 18.3 Å². The van der Waals surface area contributed by atoms with Gasteiger partial charge in [0.25, 0.3) is 0 Å². The van der Waals surface area contributed by atoms with Gasteiger partial charge in [0, 0.05) is 37.6 Å². The van der Waals surface area contributed by atoms with Crippen LogP contribution < -0.4 is 21.1 Å². The lowest BCUT2D eigenvalue weighted by atomic mass is 10.2. The Labute approximate surface area is 196 Å². The summed E-state index contributed by atoms with van der Waals surface area (Å²) in [6.45, 7) is 3.31. The van der Waals surface area contributed by atoms with Gasteiger partial charge in [-0.2, -0.15) is 0 Å². The third kappa shape index (κ3) is 5.03. The summed E-state index contributed by atoms with van der Waals surface area (Å²) in [4.78, 5) is 8.93. The van der Waals surface area contributed by atoms with E-state index in [9.17, 15) is 0 Å². The van der Waals surface area contributed by atoms with Gasteiger partial charge in [-0.3, -0.25) is 0 Å². The number of hydrogen-bond acceptors (Lipinski definition) is 7. The van der Waals surface area contributed by atoms with Crippen LogP contribution in [0.4, 0.5) is 11.6 Å². The zero-order valence-electron chi connectivity index (χ0n) is 18.0. The molecule has 0 saturated carbocycles. The Morgan fingerprint density at radius 2 is 1.97 bits per heavy atom. The van der Waals surface area contributed by atoms with Crippen LogP contribution >= 0.6 is 11.6 Å². The van der Waals surface area contributed by atoms with E-state index in [1.807, 2.05) is 30.3 Å². The predicted molar refractivity (Wildman–Crippen MR) is 130 cm³/mol. The van der Waals surface area contributed by atoms with Crippen molar-refractivity contribution in [2.45, 2.75) is 19.1 Å². The highest BCUT2D eigenvalue weighted by Crippen LogP contribution is 2.25. The Morgan fingerprint density at radius 3 is 2.67 bits per heavy atom. The van der Waals surface area contributed by atoms with Gasteiger partial charge >= 0.3 is 0 Å². The number of ether oxygens (including phenoxy) is 2. The fourth-order valence-electron chi connectivity index (χ4n) is 3.66. The molecule has 3 heterocycles. The molecule has 33 heavy (non-hydrogen) atoms. The van der Waals surface area contributed by atoms with E-state index in [0.717, 1.165) is 41.4 Å². The molecule has 4 aromatic rings. The van der Waals surface area contributed by atoms with E-state index in [0.29, 0.717) is 42.3 Å². The summed E-state index contributed by atoms with van der Waals surface area (Å²) in [5.41, 5.74) is 10.0. The van der Waals surface area contributed by atoms with Crippen molar-refractivity contribution in [3.63, 3.8) is 0 Å². The molecule has 4 N–H and O–H groups in total. The molecule has 1 fully saturated rings. The summed E-state index contributed by atoms with van der Waals surface area (Å²) >= 11 is 5.87. The van der Waals surface area contributed by atoms with Gasteiger partial charge < -0.3 is 30.4 Å². The van der Waals surface area contributed by atoms with Crippen molar-refractivity contribution in [2.75, 3.05) is 30.4 Å². The quantitative estimate of drug-likeness (QED) is 0.340. The van der Waals surface area contributed by atoms with Crippen molar-refractivity contribution in [3.05, 3.63) is 71.4 Å². The molecule has 1 aliphatic rings. The highest BCUT2D eigenvalue weighted by Gasteiger charge is 2.18. The number of rotatable bonds is 9. The topological polar surface area (TPSA) is 99.2 Å². The van der Waals surface area contributed by atoms with E-state index >= 15 is 0 Å². The summed E-state index contributed by atoms with van der Waals surface area (Å²) in [5, 5.41) is 7.52. The number of nitrogens with one attached hydrogen (secondary N) is 2. The second kappa shape index (κ2) is 9.66. The van der Waals surface area contributed by atoms with Crippen molar-refractivity contribution in [1.29, 1.82) is 0 Å². The Hall–Kier alpha value is -3.33. The standard InChI is InChI=1S/C24H25ClN6O2/c25-17-3-8-23(27-13-17)33-20-5-1-16(2-6-20)12-28-24-30-21-7-4-18(29-19-14-32-15-19)11-22(21)31(24)10-9-26/h1-8,11,13,19,29H,9-10,12,14-15,26H2,(H,28,30). The minimum absolute atomic E-state index is 0.369. The molecular formula is C24H25ClN6O2. The lowest BCUT2D eigenvalue weighted by molar-refractivity contribution is 0.0211. The van der Waals surface area contributed by atoms with Crippen LogP contribution in [0.15, 0.2) is 60.8 Å². The number of hydrogen-bond donors (Lipinski definition) is 3. The maximum Gasteiger partial charge on any atom is 0.219 e. The third-order valence-electron chi connectivity index (χ3n) is 5.41. The first-order chi connectivity index (χ1) is 16.2. The van der Waals surface area contributed by atoms with Crippen molar-refractivity contribution in [1.82, 2.24) is 14.5 Å². The molecule has 1 saturated heterocycles. The molecule has 0 bridgehead atoms. The Balaban J connectivity index is 1.28. The lowest BCUT2D eigenvalue weighted by Crippen LogP contribution is -2.40. The van der Waals surface area contributed by atoms with Crippen LogP contribution in [0.25, 0.3) is 11.0 Å². The van der Waals surface area contributed by atoms with Crippen LogP contribution in [0, 0.1) is 0 Å². The van der Waals surface area contributed by atoms with Crippen molar-refractivity contribution < 1.29 is 9.47 Å². The fraction of sp³-hybridized carbons (Fsp3) is 0.250. The van der Waals surface area contributed by atoms with Gasteiger partial charge in [-0.1, -0.05) is 23.7 Å². The van der Waals surface area contributed by atoms with Gasteiger partial charge in [0.2, 0.25) is 11.8 Å². The first-order valence-corrected chi connectivity index (χ1v) is 11.2. The Bertz CT molecular complexity index is 1220. The second-order valence-corrected chi connectivity index (χ2v) is 8.31. The lowest BCUT2D eigenvalue weighted by Gasteiger charge is -2.27. The van der Waals surface area contributed by atoms with Gasteiger partial charge in [0.15, 0.2) is 0 Å². The van der Waals surface area contributed by atoms with Gasteiger partial charge in [-0.05, 0) is 42.0 Å². The van der Waals surface area contributed by atoms with Gasteiger partial charge in [-0.15, -0.1) is 0 Å². The van der Waals surface area contributed by atoms with E-state index in [2.05, 4.69) is 32.3 Å². The largest absolute Gasteiger partial charge is 0.439 e. The molecule has 1 aliphatic heterocycles. The molecule has 9 heteroatoms. The number of halogens is 1. The average Bonchev–Trinajstić information content (AvgIpc) is 3.14. The zero-order chi connectivity index (χ0) is 22.6. The first-order valence-electron chi connectivity index (χ1n) is 10.8. The number of fused-ring (bicyclic) bond motifs is 1. The monoisotopic (exact) mass is 464 g/mol. The molecule has 2 aromatic carbocycles. The van der Waals surface area contributed by atoms with E-state index in [-0.39, 0.29) is 0 Å². The van der Waals surface area contributed by atoms with Gasteiger partial charge in [-0.25, -0.2) is 9.97 Å². The number of aromatic nitrogens is 3. The number of benzene rings is 2. The van der Waals surface area contributed by atoms with Crippen molar-refractivity contribution in [2.24, 2.45) is 5.73 Å². The van der Waals surface area contributed by atoms with Crippen LogP contribution in [-0.4, -0.2) is 40.3 Å². The maximum absolute atomic E-state index is 5.89. The summed E-state index contributed by atoms with van der Waals surface area (Å²) < 4.78 is 13.1. The van der Waals surface area contributed by atoms with Crippen LogP contribution in [0.3, 0.4) is 0 Å². The normalized spacial score (nSPS) is 13.6. The van der Waals surface area contributed by atoms with Crippen molar-refractivity contribution >= 4 is 34.3 Å². The van der Waals surface area contributed by atoms with E-state index in [1.165, 1.54) is 0 Å². The average molecular weight is 465 g/mol. The van der Waals surface area contributed by atoms with E-state index in [4.69, 9.17) is 31.8 Å². The molecule has 0 unspecified atom stereocenters. The predicted octanol–water partition coefficient (Wildman–Crippen LogP) is 4.26. The van der Waals surface area contributed by atoms with Crippen molar-refractivity contribution in [3.8, 4) is 11.6 Å². The fourth-order valence-corrected chi connectivity index (χ4v) is 3.77. The number of anilines is 2. The number of pyridine rings is 1. The number of nitrogens with two attached hydrogens (primary N) is 1. The zero-order valence-corrected chi connectivity index (χ0v) is 18.8. The Kier molecular flexibility index (Phi) is 6.30. The van der Waals surface area contributed by atoms with E-state index < -0.39 is 0 Å². The molecule has 8 nitrogen and oxygen atoms in total. The highest BCUT2D eigenvalue weighted by molar-refractivity contribution is 6.30. The SMILES string of the molecule is NCCn1c(NCc2ccc(Oc3ccc(Cl)cn3)cc2)nc2ccc(NC3COC3)cc21. The molecule has 0 atom stereocenters. The molecular weight excluding hydrogens is 440 g/mol. The van der Waals surface area contributed by atoms with Gasteiger partial charge in [0.1, 0.15) is 5.75 Å². The smallest absolute Gasteiger partial charge is 0.219 e. The first kappa shape index (κ1) is 21.5. The number of nitrogens with zero attached hydrogens (tertiary/aromatic N) is 3. The highest BCUT2D eigenvalue weighted by atomic mass is 35.5. The van der Waals surface area contributed by atoms with Crippen LogP contribution in [-0.2, 0) is 17.8 Å². The third-order valence-corrected chi connectivity index (χ3v) is 5.63. The van der Waals surface area contributed by atoms with Crippen LogP contribution in [0.1, 0.15) is 5.56 Å². The summed E-state index contributed by atoms with van der Waals surface area (Å²) in [7, 11) is 0. The van der Waals surface area contributed by atoms with Gasteiger partial charge in [0.05, 0.1) is 35.3 Å². The molecule has 170 valence electrons. The summed E-state index contributed by atoms with van der Waals surface area (Å²) in [5.74, 6) is 2.01. The Morgan fingerprint density at radius 1 is 1.12 bits per heavy atom. The summed E-state index contributed by atoms with van der Waals surface area (Å²) in [6, 6.07) is 17.9. The molecule has 0 spiro atoms. The second-order valence-electron chi connectivity index (χ2n) is 7.87. The summed E-state index contributed by atoms with van der Waals surface area (Å²) in [6.07, 6.45) is 1.56.